The third-order valence-corrected chi connectivity index (χ3v) is 4.02. The van der Waals surface area contributed by atoms with E-state index < -0.39 is 0 Å². The van der Waals surface area contributed by atoms with Gasteiger partial charge in [-0.3, -0.25) is 0 Å². The highest BCUT2D eigenvalue weighted by molar-refractivity contribution is 7.57. The molecule has 0 aromatic heterocycles. The fourth-order valence-corrected chi connectivity index (χ4v) is 2.01. The Morgan fingerprint density at radius 2 is 1.12 bits per heavy atom. The molecule has 0 rings (SSSR count). The molecule has 0 aliphatic rings. The maximum atomic E-state index is 2.29. The van der Waals surface area contributed by atoms with Crippen LogP contribution in [0.5, 0.6) is 0 Å². The van der Waals surface area contributed by atoms with E-state index in [2.05, 4.69) is 20.8 Å². The number of rotatable bonds is 3. The van der Waals surface area contributed by atoms with Crippen molar-refractivity contribution in [1.29, 1.82) is 0 Å². The van der Waals surface area contributed by atoms with E-state index in [1.165, 1.54) is 18.5 Å². The van der Waals surface area contributed by atoms with Gasteiger partial charge in [0.15, 0.2) is 0 Å². The van der Waals surface area contributed by atoms with Crippen LogP contribution in [0.3, 0.4) is 0 Å². The van der Waals surface area contributed by atoms with Gasteiger partial charge in [0.2, 0.25) is 0 Å². The van der Waals surface area contributed by atoms with Gasteiger partial charge < -0.3 is 0 Å². The third-order valence-electron chi connectivity index (χ3n) is 1.34. The highest BCUT2D eigenvalue weighted by atomic mass is 31.1. The molecule has 0 radical (unpaired) electrons. The van der Waals surface area contributed by atoms with Crippen molar-refractivity contribution >= 4 is 18.9 Å². The van der Waals surface area contributed by atoms with Gasteiger partial charge in [0.1, 0.15) is 0 Å². The van der Waals surface area contributed by atoms with E-state index in [0.29, 0.717) is 7.92 Å². The predicted octanol–water partition coefficient (Wildman–Crippen LogP) is 1.08. The van der Waals surface area contributed by atoms with Crippen LogP contribution in [0, 0.1) is 0 Å². The lowest BCUT2D eigenvalue weighted by molar-refractivity contribution is 1.35. The summed E-state index contributed by atoms with van der Waals surface area (Å²) in [7, 11) is 0.446. The van der Waals surface area contributed by atoms with E-state index >= 15 is 0 Å². The molecule has 0 aromatic rings. The molecule has 0 amide bonds. The summed E-state index contributed by atoms with van der Waals surface area (Å²) in [6.07, 6.45) is 4.26. The Kier molecular flexibility index (Phi) is 10.9. The van der Waals surface area contributed by atoms with E-state index in [1.54, 1.807) is 0 Å². The van der Waals surface area contributed by atoms with Crippen LogP contribution in [-0.4, -0.2) is 29.5 Å². The summed E-state index contributed by atoms with van der Waals surface area (Å²) in [4.78, 5) is 0. The number of hydrogen-bond acceptors (Lipinski definition) is 0. The maximum absolute atomic E-state index is 2.29. The van der Waals surface area contributed by atoms with Crippen LogP contribution in [0.25, 0.3) is 0 Å². The third kappa shape index (κ3) is 4.80. The summed E-state index contributed by atoms with van der Waals surface area (Å²) in [6.45, 7) is 6.87. The minimum absolute atomic E-state index is 0. The summed E-state index contributed by atoms with van der Waals surface area (Å²) < 4.78 is 0. The second kappa shape index (κ2) is 7.65. The van der Waals surface area contributed by atoms with Crippen LogP contribution in [0.15, 0.2) is 0 Å². The van der Waals surface area contributed by atoms with E-state index in [0.717, 1.165) is 0 Å². The molecule has 0 aromatic carbocycles. The Balaban J connectivity index is 0. The SMILES string of the molecule is CCP(CC)CC.[SiH4]. The summed E-state index contributed by atoms with van der Waals surface area (Å²) in [5.74, 6) is 0. The van der Waals surface area contributed by atoms with Crippen molar-refractivity contribution in [3.63, 3.8) is 0 Å². The molecule has 0 saturated carbocycles. The molecule has 0 aliphatic carbocycles. The van der Waals surface area contributed by atoms with Crippen molar-refractivity contribution in [2.24, 2.45) is 0 Å². The van der Waals surface area contributed by atoms with Gasteiger partial charge in [0, 0.05) is 0 Å². The second-order valence-corrected chi connectivity index (χ2v) is 4.86. The Labute approximate surface area is 58.8 Å². The normalized spacial score (nSPS) is 9.00. The number of hydrogen-bond donors (Lipinski definition) is 0. The zero-order valence-electron chi connectivity index (χ0n) is 5.57. The van der Waals surface area contributed by atoms with E-state index in [1.807, 2.05) is 0 Å². The summed E-state index contributed by atoms with van der Waals surface area (Å²) in [5, 5.41) is 0. The van der Waals surface area contributed by atoms with Crippen molar-refractivity contribution in [3.8, 4) is 0 Å². The lowest BCUT2D eigenvalue weighted by Crippen LogP contribution is -1.83. The molecule has 0 nitrogen and oxygen atoms in total. The first-order chi connectivity index (χ1) is 3.35. The van der Waals surface area contributed by atoms with Crippen LogP contribution < -0.4 is 0 Å². The van der Waals surface area contributed by atoms with Gasteiger partial charge in [-0.1, -0.05) is 20.8 Å². The zero-order valence-corrected chi connectivity index (χ0v) is 6.46. The molecule has 0 spiro atoms. The molecule has 0 heterocycles. The molecule has 0 atom stereocenters. The minimum atomic E-state index is 0. The summed E-state index contributed by atoms with van der Waals surface area (Å²) in [6, 6.07) is 0. The van der Waals surface area contributed by atoms with Crippen LogP contribution >= 0.6 is 7.92 Å². The molecule has 0 aliphatic heterocycles. The molecule has 0 bridgehead atoms. The van der Waals surface area contributed by atoms with Gasteiger partial charge in [-0.25, -0.2) is 0 Å². The first-order valence-corrected chi connectivity index (χ1v) is 4.97. The van der Waals surface area contributed by atoms with E-state index in [9.17, 15) is 0 Å². The second-order valence-electron chi connectivity index (χ2n) is 1.62. The van der Waals surface area contributed by atoms with E-state index in [-0.39, 0.29) is 11.0 Å². The average molecular weight is 150 g/mol. The van der Waals surface area contributed by atoms with Crippen LogP contribution in [0.4, 0.5) is 0 Å². The summed E-state index contributed by atoms with van der Waals surface area (Å²) >= 11 is 0. The topological polar surface area (TPSA) is 0 Å². The van der Waals surface area contributed by atoms with Gasteiger partial charge in [0.25, 0.3) is 0 Å². The van der Waals surface area contributed by atoms with Crippen LogP contribution in [0.1, 0.15) is 20.8 Å². The average Bonchev–Trinajstić information content (AvgIpc) is 1.72. The fraction of sp³-hybridized carbons (Fsp3) is 1.00. The Bertz CT molecular complexity index is 30.0. The van der Waals surface area contributed by atoms with Crippen molar-refractivity contribution in [2.75, 3.05) is 18.5 Å². The zero-order chi connectivity index (χ0) is 5.70. The summed E-state index contributed by atoms with van der Waals surface area (Å²) in [5.41, 5.74) is 0. The standard InChI is InChI=1S/C6H15P.H4Si/c1-4-7(5-2)6-3;/h4-6H2,1-3H3;1H4. The minimum Gasteiger partial charge on any atom is -0.108 e. The first kappa shape index (κ1) is 11.4. The monoisotopic (exact) mass is 150 g/mol. The molecule has 52 valence electrons. The molecule has 0 fully saturated rings. The van der Waals surface area contributed by atoms with Crippen LogP contribution in [0.2, 0.25) is 0 Å². The van der Waals surface area contributed by atoms with Gasteiger partial charge in [-0.2, -0.15) is 0 Å². The molecule has 8 heavy (non-hydrogen) atoms. The first-order valence-electron chi connectivity index (χ1n) is 3.07. The Morgan fingerprint density at radius 3 is 1.12 bits per heavy atom. The van der Waals surface area contributed by atoms with E-state index in [4.69, 9.17) is 0 Å². The van der Waals surface area contributed by atoms with Crippen molar-refractivity contribution in [1.82, 2.24) is 0 Å². The molecule has 2 heteroatoms. The molecule has 0 N–H and O–H groups in total. The Hall–Kier alpha value is 0.647. The lowest BCUT2D eigenvalue weighted by Gasteiger charge is -2.07. The molecular weight excluding hydrogens is 131 g/mol. The molecule has 0 saturated heterocycles. The molecule has 0 unspecified atom stereocenters. The quantitative estimate of drug-likeness (QED) is 0.417. The van der Waals surface area contributed by atoms with Gasteiger partial charge >= 0.3 is 0 Å². The van der Waals surface area contributed by atoms with Crippen molar-refractivity contribution < 1.29 is 0 Å². The largest absolute Gasteiger partial charge is 0.108 e. The fourth-order valence-electron chi connectivity index (χ4n) is 0.671. The Morgan fingerprint density at radius 1 is 0.875 bits per heavy atom. The smallest absolute Gasteiger partial charge is 0.0149 e. The van der Waals surface area contributed by atoms with Gasteiger partial charge in [-0.15, -0.1) is 7.92 Å². The predicted molar refractivity (Wildman–Crippen MR) is 49.9 cm³/mol. The van der Waals surface area contributed by atoms with Crippen LogP contribution in [-0.2, 0) is 0 Å². The van der Waals surface area contributed by atoms with Gasteiger partial charge in [-0.05, 0) is 29.5 Å². The highest BCUT2D eigenvalue weighted by Crippen LogP contribution is 2.32. The molecular formula is C6H19PSi. The lowest BCUT2D eigenvalue weighted by atomic mass is 10.9. The highest BCUT2D eigenvalue weighted by Gasteiger charge is 1.94. The van der Waals surface area contributed by atoms with Crippen molar-refractivity contribution in [2.45, 2.75) is 20.8 Å². The van der Waals surface area contributed by atoms with Gasteiger partial charge in [0.05, 0.1) is 0 Å². The van der Waals surface area contributed by atoms with Crippen molar-refractivity contribution in [3.05, 3.63) is 0 Å². The maximum Gasteiger partial charge on any atom is -0.0149 e.